The maximum atomic E-state index is 8.85. The summed E-state index contributed by atoms with van der Waals surface area (Å²) < 4.78 is 47.0. The average Bonchev–Trinajstić information content (AvgIpc) is 3.79. The van der Waals surface area contributed by atoms with E-state index in [9.17, 15) is 0 Å². The van der Waals surface area contributed by atoms with Gasteiger partial charge in [-0.3, -0.25) is 0 Å². The van der Waals surface area contributed by atoms with Crippen LogP contribution >= 0.6 is 11.3 Å². The Bertz CT molecular complexity index is 3150. The van der Waals surface area contributed by atoms with Gasteiger partial charge in [-0.2, -0.15) is 0 Å². The first-order valence-electron chi connectivity index (χ1n) is 18.8. The van der Waals surface area contributed by atoms with Crippen molar-refractivity contribution in [2.24, 2.45) is 0 Å². The molecule has 10 aromatic rings. The predicted octanol–water partition coefficient (Wildman–Crippen LogP) is 12.0. The minimum Gasteiger partial charge on any atom is -0.309 e. The highest BCUT2D eigenvalue weighted by atomic mass is 32.1. The summed E-state index contributed by atoms with van der Waals surface area (Å²) in [7, 11) is 0. The third kappa shape index (κ3) is 4.63. The quantitative estimate of drug-likeness (QED) is 0.184. The maximum Gasteiger partial charge on any atom is 0.164 e. The van der Waals surface area contributed by atoms with Crippen molar-refractivity contribution in [2.45, 2.75) is 0 Å². The van der Waals surface area contributed by atoms with E-state index < -0.39 is 18.1 Å². The second kappa shape index (κ2) is 11.6. The van der Waals surface area contributed by atoms with E-state index in [0.29, 0.717) is 28.5 Å². The first-order chi connectivity index (χ1) is 26.9. The van der Waals surface area contributed by atoms with Gasteiger partial charge in [0.05, 0.1) is 17.9 Å². The third-order valence-electron chi connectivity index (χ3n) is 9.15. The van der Waals surface area contributed by atoms with Crippen LogP contribution in [-0.2, 0) is 0 Å². The van der Waals surface area contributed by atoms with Gasteiger partial charge in [0.25, 0.3) is 0 Å². The fraction of sp³-hybridized carbons (Fsp3) is 0. The van der Waals surface area contributed by atoms with E-state index >= 15 is 0 Å². The van der Waals surface area contributed by atoms with Crippen LogP contribution in [0.25, 0.3) is 93.0 Å². The number of hydrogen-bond acceptors (Lipinski definition) is 4. The molecule has 0 atom stereocenters. The predicted molar refractivity (Wildman–Crippen MR) is 209 cm³/mol. The Labute approximate surface area is 299 Å². The highest BCUT2D eigenvalue weighted by Crippen LogP contribution is 2.41. The van der Waals surface area contributed by atoms with E-state index in [1.54, 1.807) is 15.9 Å². The number of para-hydroxylation sites is 2. The lowest BCUT2D eigenvalue weighted by Gasteiger charge is -2.11. The monoisotopic (exact) mass is 661 g/mol. The summed E-state index contributed by atoms with van der Waals surface area (Å²) in [4.78, 5) is 15.3. The van der Waals surface area contributed by atoms with E-state index in [0.717, 1.165) is 38.6 Å². The van der Waals surface area contributed by atoms with Crippen molar-refractivity contribution in [1.82, 2.24) is 19.5 Å². The molecule has 0 aliphatic rings. The van der Waals surface area contributed by atoms with E-state index in [1.165, 1.54) is 20.2 Å². The number of nitrogens with zero attached hydrogens (tertiary/aromatic N) is 4. The van der Waals surface area contributed by atoms with Crippen molar-refractivity contribution in [3.63, 3.8) is 0 Å². The molecule has 10 rings (SSSR count). The second-order valence-corrected chi connectivity index (χ2v) is 13.1. The standard InChI is InChI=1S/C45H28N4S/c1-3-14-29(15-4-1)43-46-44(31-17-11-16-30(28-31)33-22-12-23-35-34-20-8-10-27-40(34)50-42(33)35)48-45(47-43)37-24-13-26-39-41(37)36-21-7-9-25-38(36)49(39)32-18-5-2-6-19-32/h1-28H/i2D,5D,6D,18D,19D. The summed E-state index contributed by atoms with van der Waals surface area (Å²) in [5, 5.41) is 4.11. The van der Waals surface area contributed by atoms with Crippen LogP contribution in [0, 0.1) is 0 Å². The van der Waals surface area contributed by atoms with Crippen LogP contribution in [0.15, 0.2) is 170 Å². The molecule has 5 heteroatoms. The molecule has 0 aliphatic carbocycles. The number of thiophene rings is 1. The van der Waals surface area contributed by atoms with Gasteiger partial charge in [0.15, 0.2) is 17.5 Å². The largest absolute Gasteiger partial charge is 0.309 e. The van der Waals surface area contributed by atoms with Gasteiger partial charge in [-0.25, -0.2) is 15.0 Å². The summed E-state index contributed by atoms with van der Waals surface area (Å²) in [5.41, 5.74) is 6.05. The number of benzene rings is 7. The molecule has 3 heterocycles. The van der Waals surface area contributed by atoms with E-state index in [2.05, 4.69) is 54.6 Å². The molecule has 0 saturated carbocycles. The molecule has 4 nitrogen and oxygen atoms in total. The second-order valence-electron chi connectivity index (χ2n) is 12.1. The highest BCUT2D eigenvalue weighted by molar-refractivity contribution is 7.26. The van der Waals surface area contributed by atoms with Crippen molar-refractivity contribution in [2.75, 3.05) is 0 Å². The van der Waals surface area contributed by atoms with Crippen LogP contribution in [0.5, 0.6) is 0 Å². The van der Waals surface area contributed by atoms with Crippen LogP contribution in [0.4, 0.5) is 0 Å². The maximum absolute atomic E-state index is 8.85. The van der Waals surface area contributed by atoms with Crippen molar-refractivity contribution in [3.8, 4) is 51.0 Å². The summed E-state index contributed by atoms with van der Waals surface area (Å²) in [6, 6.07) is 44.8. The molecular formula is C45H28N4S. The first kappa shape index (κ1) is 23.8. The Kier molecular flexibility index (Phi) is 5.54. The van der Waals surface area contributed by atoms with Crippen LogP contribution in [0.2, 0.25) is 0 Å². The number of rotatable bonds is 5. The third-order valence-corrected chi connectivity index (χ3v) is 10.4. The zero-order chi connectivity index (χ0) is 37.4. The molecule has 0 saturated heterocycles. The Balaban J connectivity index is 1.21. The topological polar surface area (TPSA) is 43.6 Å². The smallest absolute Gasteiger partial charge is 0.164 e. The average molecular weight is 662 g/mol. The summed E-state index contributed by atoms with van der Waals surface area (Å²) in [6.07, 6.45) is 0. The fourth-order valence-corrected chi connectivity index (χ4v) is 8.18. The molecule has 0 amide bonds. The van der Waals surface area contributed by atoms with Gasteiger partial charge in [-0.15, -0.1) is 11.3 Å². The first-order valence-corrected chi connectivity index (χ1v) is 17.1. The minimum absolute atomic E-state index is 0.0844. The lowest BCUT2D eigenvalue weighted by atomic mass is 10.0. The lowest BCUT2D eigenvalue weighted by Crippen LogP contribution is -2.00. The molecular weight excluding hydrogens is 629 g/mol. The van der Waals surface area contributed by atoms with Crippen molar-refractivity contribution in [1.29, 1.82) is 0 Å². The molecule has 50 heavy (non-hydrogen) atoms. The van der Waals surface area contributed by atoms with Crippen LogP contribution in [-0.4, -0.2) is 19.5 Å². The molecule has 0 radical (unpaired) electrons. The number of fused-ring (bicyclic) bond motifs is 6. The van der Waals surface area contributed by atoms with Gasteiger partial charge < -0.3 is 4.57 Å². The van der Waals surface area contributed by atoms with Gasteiger partial charge in [0.1, 0.15) is 0 Å². The molecule has 0 N–H and O–H groups in total. The van der Waals surface area contributed by atoms with E-state index in [1.807, 2.05) is 84.9 Å². The van der Waals surface area contributed by atoms with Crippen molar-refractivity contribution < 1.29 is 6.85 Å². The number of aromatic nitrogens is 4. The van der Waals surface area contributed by atoms with Crippen LogP contribution < -0.4 is 0 Å². The van der Waals surface area contributed by atoms with Gasteiger partial charge in [-0.1, -0.05) is 133 Å². The molecule has 0 unspecified atom stereocenters. The minimum atomic E-state index is -0.434. The van der Waals surface area contributed by atoms with E-state index in [4.69, 9.17) is 21.8 Å². The fourth-order valence-electron chi connectivity index (χ4n) is 6.94. The Morgan fingerprint density at radius 1 is 0.480 bits per heavy atom. The molecule has 0 aliphatic heterocycles. The highest BCUT2D eigenvalue weighted by Gasteiger charge is 2.20. The molecule has 0 bridgehead atoms. The van der Waals surface area contributed by atoms with Gasteiger partial charge in [0.2, 0.25) is 0 Å². The van der Waals surface area contributed by atoms with Crippen molar-refractivity contribution in [3.05, 3.63) is 170 Å². The van der Waals surface area contributed by atoms with E-state index in [-0.39, 0.29) is 17.8 Å². The SMILES string of the molecule is [2H]c1c([2H])c([2H])c(-n2c3ccccc3c3c(-c4nc(-c5ccccc5)nc(-c5cccc(-c6cccc7c6sc6ccccc67)c5)n4)cccc32)c([2H])c1[2H]. The van der Waals surface area contributed by atoms with Gasteiger partial charge in [0, 0.05) is 53.3 Å². The molecule has 0 spiro atoms. The normalized spacial score (nSPS) is 13.0. The molecule has 0 fully saturated rings. The zero-order valence-electron chi connectivity index (χ0n) is 31.5. The van der Waals surface area contributed by atoms with Gasteiger partial charge >= 0.3 is 0 Å². The van der Waals surface area contributed by atoms with Crippen molar-refractivity contribution >= 4 is 53.3 Å². The number of hydrogen-bond donors (Lipinski definition) is 0. The van der Waals surface area contributed by atoms with Crippen LogP contribution in [0.1, 0.15) is 6.85 Å². The zero-order valence-corrected chi connectivity index (χ0v) is 27.3. The Morgan fingerprint density at radius 2 is 1.10 bits per heavy atom. The molecule has 3 aromatic heterocycles. The van der Waals surface area contributed by atoms with Gasteiger partial charge in [-0.05, 0) is 47.5 Å². The van der Waals surface area contributed by atoms with Crippen LogP contribution in [0.3, 0.4) is 0 Å². The summed E-state index contributed by atoms with van der Waals surface area (Å²) in [6.45, 7) is 0. The molecule has 234 valence electrons. The Hall–Kier alpha value is -6.43. The lowest BCUT2D eigenvalue weighted by molar-refractivity contribution is 1.08. The summed E-state index contributed by atoms with van der Waals surface area (Å²) in [5.74, 6) is 1.49. The molecule has 7 aromatic carbocycles. The summed E-state index contributed by atoms with van der Waals surface area (Å²) >= 11 is 1.79. The Morgan fingerprint density at radius 3 is 1.98 bits per heavy atom.